The van der Waals surface area contributed by atoms with E-state index in [-0.39, 0.29) is 36.5 Å². The van der Waals surface area contributed by atoms with Crippen molar-refractivity contribution in [1.82, 2.24) is 15.2 Å². The highest BCUT2D eigenvalue weighted by molar-refractivity contribution is 6.30. The Hall–Kier alpha value is -2.60. The smallest absolute Gasteiger partial charge is 0.261 e. The standard InChI is InChI=1S/C22H24ClN3O3/c1-14-10-16(23)2-5-20(14)29-13-21(27)26-18-3-4-19(26)12-17(11-18)25-22(28)15-6-8-24-9-7-15/h2,5-10,17-19H,3-4,11-13H2,1H3,(H,25,28). The zero-order chi connectivity index (χ0) is 20.4. The first-order valence-electron chi connectivity index (χ1n) is 9.92. The van der Waals surface area contributed by atoms with Gasteiger partial charge in [-0.3, -0.25) is 14.6 Å². The fourth-order valence-electron chi connectivity index (χ4n) is 4.46. The van der Waals surface area contributed by atoms with Crippen molar-refractivity contribution in [3.8, 4) is 5.75 Å². The van der Waals surface area contributed by atoms with Gasteiger partial charge >= 0.3 is 0 Å². The first-order chi connectivity index (χ1) is 14.0. The van der Waals surface area contributed by atoms with Crippen molar-refractivity contribution in [3.63, 3.8) is 0 Å². The van der Waals surface area contributed by atoms with Crippen LogP contribution in [0.15, 0.2) is 42.7 Å². The molecular weight excluding hydrogens is 390 g/mol. The van der Waals surface area contributed by atoms with Gasteiger partial charge in [0.1, 0.15) is 5.75 Å². The predicted molar refractivity (Wildman–Crippen MR) is 110 cm³/mol. The molecule has 2 unspecified atom stereocenters. The molecule has 0 spiro atoms. The van der Waals surface area contributed by atoms with Crippen LogP contribution in [0.4, 0.5) is 0 Å². The lowest BCUT2D eigenvalue weighted by Gasteiger charge is -2.39. The summed E-state index contributed by atoms with van der Waals surface area (Å²) < 4.78 is 5.75. The number of carbonyl (C=O) groups is 2. The van der Waals surface area contributed by atoms with E-state index in [2.05, 4.69) is 10.3 Å². The van der Waals surface area contributed by atoms with E-state index in [4.69, 9.17) is 16.3 Å². The molecule has 2 atom stereocenters. The topological polar surface area (TPSA) is 71.5 Å². The number of carbonyl (C=O) groups excluding carboxylic acids is 2. The lowest BCUT2D eigenvalue weighted by atomic mass is 9.97. The second-order valence-electron chi connectivity index (χ2n) is 7.76. The van der Waals surface area contributed by atoms with Crippen LogP contribution in [0.25, 0.3) is 0 Å². The number of benzene rings is 1. The molecule has 7 heteroatoms. The van der Waals surface area contributed by atoms with E-state index in [1.54, 1.807) is 36.7 Å². The minimum atomic E-state index is -0.0851. The van der Waals surface area contributed by atoms with E-state index in [0.29, 0.717) is 16.3 Å². The normalized spacial score (nSPS) is 23.0. The Labute approximate surface area is 175 Å². The monoisotopic (exact) mass is 413 g/mol. The minimum absolute atomic E-state index is 0.00533. The number of aryl methyl sites for hydroxylation is 1. The Morgan fingerprint density at radius 3 is 2.52 bits per heavy atom. The zero-order valence-electron chi connectivity index (χ0n) is 16.3. The summed E-state index contributed by atoms with van der Waals surface area (Å²) in [5.74, 6) is 0.596. The van der Waals surface area contributed by atoms with Crippen LogP contribution in [0, 0.1) is 6.92 Å². The number of amides is 2. The van der Waals surface area contributed by atoms with Crippen LogP contribution in [0.2, 0.25) is 5.02 Å². The van der Waals surface area contributed by atoms with Crippen LogP contribution in [-0.4, -0.2) is 46.4 Å². The first kappa shape index (κ1) is 19.7. The van der Waals surface area contributed by atoms with Crippen molar-refractivity contribution in [1.29, 1.82) is 0 Å². The Morgan fingerprint density at radius 1 is 1.17 bits per heavy atom. The fourth-order valence-corrected chi connectivity index (χ4v) is 4.69. The number of hydrogen-bond acceptors (Lipinski definition) is 4. The third-order valence-corrected chi connectivity index (χ3v) is 6.02. The molecule has 3 heterocycles. The van der Waals surface area contributed by atoms with Gasteiger partial charge in [-0.1, -0.05) is 11.6 Å². The number of piperidine rings is 1. The summed E-state index contributed by atoms with van der Waals surface area (Å²) in [5.41, 5.74) is 1.52. The van der Waals surface area contributed by atoms with Crippen LogP contribution in [0.3, 0.4) is 0 Å². The van der Waals surface area contributed by atoms with Gasteiger partial charge in [0.25, 0.3) is 11.8 Å². The van der Waals surface area contributed by atoms with Gasteiger partial charge in [-0.2, -0.15) is 0 Å². The van der Waals surface area contributed by atoms with Gasteiger partial charge in [-0.15, -0.1) is 0 Å². The summed E-state index contributed by atoms with van der Waals surface area (Å²) in [5, 5.41) is 3.77. The molecule has 152 valence electrons. The zero-order valence-corrected chi connectivity index (χ0v) is 17.1. The van der Waals surface area contributed by atoms with Crippen molar-refractivity contribution in [2.75, 3.05) is 6.61 Å². The van der Waals surface area contributed by atoms with Crippen molar-refractivity contribution < 1.29 is 14.3 Å². The summed E-state index contributed by atoms with van der Waals surface area (Å²) in [4.78, 5) is 31.2. The molecule has 29 heavy (non-hydrogen) atoms. The molecule has 1 aromatic heterocycles. The second-order valence-corrected chi connectivity index (χ2v) is 8.20. The molecule has 2 fully saturated rings. The van der Waals surface area contributed by atoms with Crippen molar-refractivity contribution >= 4 is 23.4 Å². The summed E-state index contributed by atoms with van der Waals surface area (Å²) in [6.45, 7) is 1.93. The molecule has 2 saturated heterocycles. The average molecular weight is 414 g/mol. The lowest BCUT2D eigenvalue weighted by Crippen LogP contribution is -2.53. The van der Waals surface area contributed by atoms with Crippen LogP contribution < -0.4 is 10.1 Å². The number of nitrogens with zero attached hydrogens (tertiary/aromatic N) is 2. The molecule has 4 rings (SSSR count). The molecule has 0 radical (unpaired) electrons. The lowest BCUT2D eigenvalue weighted by molar-refractivity contribution is -0.138. The second kappa shape index (κ2) is 8.41. The minimum Gasteiger partial charge on any atom is -0.483 e. The maximum Gasteiger partial charge on any atom is 0.261 e. The molecule has 0 aliphatic carbocycles. The quantitative estimate of drug-likeness (QED) is 0.815. The van der Waals surface area contributed by atoms with Gasteiger partial charge in [0.05, 0.1) is 0 Å². The molecule has 2 aliphatic heterocycles. The maximum absolute atomic E-state index is 12.8. The van der Waals surface area contributed by atoms with E-state index in [9.17, 15) is 9.59 Å². The highest BCUT2D eigenvalue weighted by Gasteiger charge is 2.43. The Bertz CT molecular complexity index is 891. The first-order valence-corrected chi connectivity index (χ1v) is 10.3. The largest absolute Gasteiger partial charge is 0.483 e. The molecule has 0 saturated carbocycles. The number of halogens is 1. The summed E-state index contributed by atoms with van der Waals surface area (Å²) in [6.07, 6.45) is 6.72. The third kappa shape index (κ3) is 4.37. The van der Waals surface area contributed by atoms with Crippen molar-refractivity contribution in [2.45, 2.75) is 50.7 Å². The number of nitrogens with one attached hydrogen (secondary N) is 1. The molecule has 2 aliphatic rings. The number of fused-ring (bicyclic) bond motifs is 2. The average Bonchev–Trinajstić information content (AvgIpc) is 2.98. The number of pyridine rings is 1. The molecule has 2 amide bonds. The highest BCUT2D eigenvalue weighted by Crippen LogP contribution is 2.36. The van der Waals surface area contributed by atoms with Gasteiger partial charge < -0.3 is 15.0 Å². The molecule has 2 aromatic rings. The van der Waals surface area contributed by atoms with E-state index in [0.717, 1.165) is 31.2 Å². The molecule has 1 aromatic carbocycles. The van der Waals surface area contributed by atoms with Gasteiger partial charge in [0, 0.05) is 41.1 Å². The number of hydrogen-bond donors (Lipinski definition) is 1. The Morgan fingerprint density at radius 2 is 1.86 bits per heavy atom. The van der Waals surface area contributed by atoms with Crippen LogP contribution in [0.5, 0.6) is 5.75 Å². The SMILES string of the molecule is Cc1cc(Cl)ccc1OCC(=O)N1C2CCC1CC(NC(=O)c1ccncc1)C2. The Balaban J connectivity index is 1.34. The van der Waals surface area contributed by atoms with Gasteiger partial charge in [0.15, 0.2) is 6.61 Å². The number of rotatable bonds is 5. The van der Waals surface area contributed by atoms with Gasteiger partial charge in [-0.05, 0) is 68.5 Å². The molecular formula is C22H24ClN3O3. The molecule has 2 bridgehead atoms. The van der Waals surface area contributed by atoms with Gasteiger partial charge in [0.2, 0.25) is 0 Å². The van der Waals surface area contributed by atoms with Crippen LogP contribution in [-0.2, 0) is 4.79 Å². The summed E-state index contributed by atoms with van der Waals surface area (Å²) in [6, 6.07) is 9.17. The molecule has 6 nitrogen and oxygen atoms in total. The van der Waals surface area contributed by atoms with E-state index in [1.807, 2.05) is 17.9 Å². The van der Waals surface area contributed by atoms with E-state index < -0.39 is 0 Å². The van der Waals surface area contributed by atoms with E-state index in [1.165, 1.54) is 0 Å². The number of ether oxygens (including phenoxy) is 1. The third-order valence-electron chi connectivity index (χ3n) is 5.79. The Kier molecular flexibility index (Phi) is 5.72. The summed E-state index contributed by atoms with van der Waals surface area (Å²) >= 11 is 5.97. The maximum atomic E-state index is 12.8. The number of aromatic nitrogens is 1. The molecule has 1 N–H and O–H groups in total. The van der Waals surface area contributed by atoms with Crippen LogP contribution in [0.1, 0.15) is 41.6 Å². The fraction of sp³-hybridized carbons (Fsp3) is 0.409. The van der Waals surface area contributed by atoms with Crippen molar-refractivity contribution in [2.24, 2.45) is 0 Å². The van der Waals surface area contributed by atoms with Crippen LogP contribution >= 0.6 is 11.6 Å². The summed E-state index contributed by atoms with van der Waals surface area (Å²) in [7, 11) is 0. The predicted octanol–water partition coefficient (Wildman–Crippen LogP) is 3.37. The highest BCUT2D eigenvalue weighted by atomic mass is 35.5. The van der Waals surface area contributed by atoms with Gasteiger partial charge in [-0.25, -0.2) is 0 Å². The van der Waals surface area contributed by atoms with E-state index >= 15 is 0 Å². The van der Waals surface area contributed by atoms with Crippen molar-refractivity contribution in [3.05, 3.63) is 58.9 Å².